The van der Waals surface area contributed by atoms with E-state index in [0.29, 0.717) is 0 Å². The molecule has 8 nitrogen and oxygen atoms in total. The molecule has 2 aliphatic rings. The topological polar surface area (TPSA) is 111 Å². The smallest absolute Gasteiger partial charge is 0.344 e. The third-order valence-corrected chi connectivity index (χ3v) is 4.40. The molecular weight excluding hydrogens is 297 g/mol. The summed E-state index contributed by atoms with van der Waals surface area (Å²) in [5.74, 6) is -3.83. The van der Waals surface area contributed by atoms with Crippen molar-refractivity contribution in [3.05, 3.63) is 10.4 Å². The molecule has 0 radical (unpaired) electrons. The van der Waals surface area contributed by atoms with Gasteiger partial charge in [0, 0.05) is 23.9 Å². The van der Waals surface area contributed by atoms with Crippen LogP contribution in [-0.4, -0.2) is 49.6 Å². The second-order valence-corrected chi connectivity index (χ2v) is 5.27. The van der Waals surface area contributed by atoms with Crippen LogP contribution in [0, 0.1) is 11.8 Å². The van der Waals surface area contributed by atoms with E-state index in [2.05, 4.69) is 10.0 Å². The van der Waals surface area contributed by atoms with E-state index in [1.807, 2.05) is 0 Å². The van der Waals surface area contributed by atoms with Crippen LogP contribution in [-0.2, 0) is 23.8 Å². The number of azide groups is 1. The van der Waals surface area contributed by atoms with Crippen LogP contribution in [0.3, 0.4) is 0 Å². The molecule has 0 unspecified atom stereocenters. The highest BCUT2D eigenvalue weighted by atomic mass is 19.1. The number of fused-ring (bicyclic) bond motifs is 1. The summed E-state index contributed by atoms with van der Waals surface area (Å²) in [6.45, 7) is 3.19. The van der Waals surface area contributed by atoms with Crippen molar-refractivity contribution in [2.24, 2.45) is 17.0 Å². The van der Waals surface area contributed by atoms with Gasteiger partial charge >= 0.3 is 11.9 Å². The van der Waals surface area contributed by atoms with Crippen molar-refractivity contribution in [2.45, 2.75) is 37.6 Å². The number of rotatable bonds is 6. The standard InChI is InChI=1S/C13H18FN3O5/c1-4-21-10(18)12(14)7-6-8(20-3)13(9(7)12,16-17-15)11(19)22-5-2/h7-9H,4-6H2,1-3H3/t7-,8+,9+,12-,13+/m1/s1. The van der Waals surface area contributed by atoms with E-state index in [9.17, 15) is 14.0 Å². The summed E-state index contributed by atoms with van der Waals surface area (Å²) in [5, 5.41) is 3.52. The van der Waals surface area contributed by atoms with Gasteiger partial charge in [0.05, 0.1) is 19.3 Å². The van der Waals surface area contributed by atoms with Crippen molar-refractivity contribution < 1.29 is 28.2 Å². The minimum Gasteiger partial charge on any atom is -0.465 e. The lowest BCUT2D eigenvalue weighted by Crippen LogP contribution is -2.52. The Morgan fingerprint density at radius 1 is 1.32 bits per heavy atom. The Hall–Kier alpha value is -1.86. The summed E-state index contributed by atoms with van der Waals surface area (Å²) < 4.78 is 29.9. The number of halogens is 1. The highest BCUT2D eigenvalue weighted by Crippen LogP contribution is 2.69. The lowest BCUT2D eigenvalue weighted by molar-refractivity contribution is -0.161. The van der Waals surface area contributed by atoms with Gasteiger partial charge in [0.25, 0.3) is 0 Å². The first-order valence-electron chi connectivity index (χ1n) is 7.07. The second-order valence-electron chi connectivity index (χ2n) is 5.27. The number of nitrogens with zero attached hydrogens (tertiary/aromatic N) is 3. The average Bonchev–Trinajstić information content (AvgIpc) is 2.92. The van der Waals surface area contributed by atoms with E-state index in [4.69, 9.17) is 19.7 Å². The van der Waals surface area contributed by atoms with Crippen molar-refractivity contribution in [1.29, 1.82) is 0 Å². The van der Waals surface area contributed by atoms with Gasteiger partial charge < -0.3 is 14.2 Å². The minimum atomic E-state index is -2.34. The van der Waals surface area contributed by atoms with Gasteiger partial charge in [0.15, 0.2) is 5.54 Å². The molecule has 0 amide bonds. The number of carbonyl (C=O) groups excluding carboxylic acids is 2. The van der Waals surface area contributed by atoms with E-state index >= 15 is 0 Å². The van der Waals surface area contributed by atoms with Crippen LogP contribution >= 0.6 is 0 Å². The summed E-state index contributed by atoms with van der Waals surface area (Å²) in [5.41, 5.74) is 4.60. The van der Waals surface area contributed by atoms with Crippen LogP contribution < -0.4 is 0 Å². The monoisotopic (exact) mass is 315 g/mol. The van der Waals surface area contributed by atoms with Crippen molar-refractivity contribution in [3.8, 4) is 0 Å². The first-order chi connectivity index (χ1) is 10.4. The van der Waals surface area contributed by atoms with Crippen molar-refractivity contribution in [2.75, 3.05) is 20.3 Å². The van der Waals surface area contributed by atoms with Crippen LogP contribution in [0.25, 0.3) is 10.4 Å². The number of methoxy groups -OCH3 is 1. The number of alkyl halides is 1. The summed E-state index contributed by atoms with van der Waals surface area (Å²) in [4.78, 5) is 26.9. The maximum atomic E-state index is 15.0. The Balaban J connectivity index is 2.43. The molecule has 22 heavy (non-hydrogen) atoms. The van der Waals surface area contributed by atoms with E-state index in [0.717, 1.165) is 0 Å². The molecule has 2 fully saturated rings. The molecule has 9 heteroatoms. The maximum absolute atomic E-state index is 15.0. The number of hydrogen-bond acceptors (Lipinski definition) is 6. The van der Waals surface area contributed by atoms with Gasteiger partial charge in [-0.3, -0.25) is 4.79 Å². The fraction of sp³-hybridized carbons (Fsp3) is 0.846. The minimum absolute atomic E-state index is 0.0194. The van der Waals surface area contributed by atoms with Gasteiger partial charge in [-0.25, -0.2) is 9.18 Å². The summed E-state index contributed by atoms with van der Waals surface area (Å²) in [6, 6.07) is 0. The van der Waals surface area contributed by atoms with E-state index in [1.165, 1.54) is 7.11 Å². The molecule has 0 saturated heterocycles. The van der Waals surface area contributed by atoms with E-state index < -0.39 is 41.1 Å². The Kier molecular flexibility index (Phi) is 4.30. The first kappa shape index (κ1) is 16.5. The Bertz CT molecular complexity index is 538. The van der Waals surface area contributed by atoms with Gasteiger partial charge in [-0.15, -0.1) is 0 Å². The summed E-state index contributed by atoms with van der Waals surface area (Å²) in [7, 11) is 1.33. The predicted octanol–water partition coefficient (Wildman–Crippen LogP) is 1.53. The van der Waals surface area contributed by atoms with Crippen LogP contribution in [0.1, 0.15) is 20.3 Å². The number of esters is 2. The number of hydrogen-bond donors (Lipinski definition) is 0. The zero-order valence-electron chi connectivity index (χ0n) is 12.6. The lowest BCUT2D eigenvalue weighted by atomic mass is 9.87. The molecule has 5 atom stereocenters. The summed E-state index contributed by atoms with van der Waals surface area (Å²) in [6.07, 6.45) is -0.760. The molecule has 2 saturated carbocycles. The molecule has 0 spiro atoms. The molecule has 2 rings (SSSR count). The molecule has 0 aliphatic heterocycles. The molecule has 0 bridgehead atoms. The lowest BCUT2D eigenvalue weighted by Gasteiger charge is -2.32. The molecule has 0 aromatic heterocycles. The van der Waals surface area contributed by atoms with Gasteiger partial charge in [-0.1, -0.05) is 5.11 Å². The predicted molar refractivity (Wildman–Crippen MR) is 71.4 cm³/mol. The fourth-order valence-corrected chi connectivity index (χ4v) is 3.51. The normalized spacial score (nSPS) is 38.6. The number of ether oxygens (including phenoxy) is 3. The largest absolute Gasteiger partial charge is 0.465 e. The zero-order valence-corrected chi connectivity index (χ0v) is 12.6. The molecule has 2 aliphatic carbocycles. The molecule has 0 N–H and O–H groups in total. The van der Waals surface area contributed by atoms with Crippen molar-refractivity contribution in [3.63, 3.8) is 0 Å². The third-order valence-electron chi connectivity index (χ3n) is 4.40. The van der Waals surface area contributed by atoms with Crippen LogP contribution in [0.2, 0.25) is 0 Å². The van der Waals surface area contributed by atoms with Crippen LogP contribution in [0.5, 0.6) is 0 Å². The SMILES string of the molecule is CCOC(=O)[C@@]1(F)[C@@H]2C[C@H](OC)[C@@](N=[N+]=[N-])(C(=O)OCC)[C@@H]21. The van der Waals surface area contributed by atoms with E-state index in [1.54, 1.807) is 13.8 Å². The van der Waals surface area contributed by atoms with Gasteiger partial charge in [-0.2, -0.15) is 0 Å². The highest BCUT2D eigenvalue weighted by Gasteiger charge is 2.86. The molecular formula is C13H18FN3O5. The fourth-order valence-electron chi connectivity index (χ4n) is 3.51. The van der Waals surface area contributed by atoms with Gasteiger partial charge in [0.1, 0.15) is 0 Å². The number of carbonyl (C=O) groups is 2. The molecule has 0 aromatic carbocycles. The molecule has 0 heterocycles. The average molecular weight is 315 g/mol. The molecule has 122 valence electrons. The van der Waals surface area contributed by atoms with Gasteiger partial charge in [-0.05, 0) is 25.8 Å². The Labute approximate surface area is 126 Å². The van der Waals surface area contributed by atoms with E-state index in [-0.39, 0.29) is 19.6 Å². The Morgan fingerprint density at radius 2 is 1.91 bits per heavy atom. The highest BCUT2D eigenvalue weighted by molar-refractivity contribution is 5.92. The van der Waals surface area contributed by atoms with Crippen LogP contribution in [0.15, 0.2) is 5.11 Å². The van der Waals surface area contributed by atoms with Crippen LogP contribution in [0.4, 0.5) is 4.39 Å². The van der Waals surface area contributed by atoms with Crippen molar-refractivity contribution >= 4 is 11.9 Å². The van der Waals surface area contributed by atoms with Crippen molar-refractivity contribution in [1.82, 2.24) is 0 Å². The quantitative estimate of drug-likeness (QED) is 0.319. The Morgan fingerprint density at radius 3 is 2.41 bits per heavy atom. The third kappa shape index (κ3) is 1.96. The van der Waals surface area contributed by atoms with Gasteiger partial charge in [0.2, 0.25) is 5.67 Å². The second kappa shape index (κ2) is 5.73. The zero-order chi connectivity index (χ0) is 16.5. The maximum Gasteiger partial charge on any atom is 0.344 e. The molecule has 0 aromatic rings. The summed E-state index contributed by atoms with van der Waals surface area (Å²) >= 11 is 0. The first-order valence-corrected chi connectivity index (χ1v) is 7.07.